The van der Waals surface area contributed by atoms with E-state index in [4.69, 9.17) is 0 Å². The number of para-hydroxylation sites is 1. The lowest BCUT2D eigenvalue weighted by Gasteiger charge is -2.12. The first-order chi connectivity index (χ1) is 12.0. The summed E-state index contributed by atoms with van der Waals surface area (Å²) in [6, 6.07) is 15.3. The van der Waals surface area contributed by atoms with Crippen LogP contribution in [-0.4, -0.2) is 33.6 Å². The summed E-state index contributed by atoms with van der Waals surface area (Å²) in [4.78, 5) is 13.7. The van der Waals surface area contributed by atoms with Crippen LogP contribution in [0.4, 0.5) is 23.0 Å². The van der Waals surface area contributed by atoms with Crippen LogP contribution in [-0.2, 0) is 0 Å². The monoisotopic (exact) mass is 353 g/mol. The number of carbonyl (C=O) groups excluding carboxylic acids is 1. The Morgan fingerprint density at radius 1 is 1.00 bits per heavy atom. The van der Waals surface area contributed by atoms with Crippen molar-refractivity contribution in [3.8, 4) is 0 Å². The van der Waals surface area contributed by atoms with E-state index in [-0.39, 0.29) is 5.91 Å². The molecule has 25 heavy (non-hydrogen) atoms. The fourth-order valence-corrected chi connectivity index (χ4v) is 2.79. The van der Waals surface area contributed by atoms with Crippen molar-refractivity contribution in [3.63, 3.8) is 0 Å². The second kappa shape index (κ2) is 7.31. The first kappa shape index (κ1) is 16.9. The lowest BCUT2D eigenvalue weighted by atomic mass is 10.2. The summed E-state index contributed by atoms with van der Waals surface area (Å²) in [5.74, 6) is 1.24. The van der Waals surface area contributed by atoms with Gasteiger partial charge in [0, 0.05) is 31.0 Å². The highest BCUT2D eigenvalue weighted by atomic mass is 32.1. The molecule has 1 heterocycles. The van der Waals surface area contributed by atoms with Crippen LogP contribution in [0.1, 0.15) is 15.9 Å². The van der Waals surface area contributed by atoms with Crippen molar-refractivity contribution in [3.05, 3.63) is 59.7 Å². The molecule has 7 heteroatoms. The molecule has 3 rings (SSSR count). The predicted molar refractivity (Wildman–Crippen MR) is 102 cm³/mol. The Kier molecular flexibility index (Phi) is 4.95. The van der Waals surface area contributed by atoms with Crippen molar-refractivity contribution in [2.45, 2.75) is 6.92 Å². The Balaban J connectivity index is 1.81. The summed E-state index contributed by atoms with van der Waals surface area (Å²) in [5.41, 5.74) is 3.51. The molecular weight excluding hydrogens is 334 g/mol. The van der Waals surface area contributed by atoms with E-state index in [0.717, 1.165) is 28.7 Å². The van der Waals surface area contributed by atoms with Gasteiger partial charge in [0.25, 0.3) is 5.91 Å². The maximum atomic E-state index is 12.1. The number of aryl methyl sites for hydroxylation is 1. The Morgan fingerprint density at radius 3 is 2.44 bits per heavy atom. The number of hydrogen-bond donors (Lipinski definition) is 2. The van der Waals surface area contributed by atoms with Gasteiger partial charge in [0.2, 0.25) is 0 Å². The zero-order valence-electron chi connectivity index (χ0n) is 14.3. The largest absolute Gasteiger partial charge is 0.345 e. The molecule has 0 saturated carbocycles. The Morgan fingerprint density at radius 2 is 1.72 bits per heavy atom. The van der Waals surface area contributed by atoms with Crippen LogP contribution >= 0.6 is 11.7 Å². The third kappa shape index (κ3) is 3.95. The van der Waals surface area contributed by atoms with Gasteiger partial charge in [0.05, 0.1) is 11.7 Å². The van der Waals surface area contributed by atoms with Crippen LogP contribution in [0.3, 0.4) is 0 Å². The van der Waals surface area contributed by atoms with E-state index < -0.39 is 0 Å². The summed E-state index contributed by atoms with van der Waals surface area (Å²) >= 11 is 1.13. The van der Waals surface area contributed by atoms with Gasteiger partial charge in [-0.1, -0.05) is 24.3 Å². The highest BCUT2D eigenvalue weighted by molar-refractivity contribution is 6.99. The molecule has 1 amide bonds. The molecule has 0 bridgehead atoms. The van der Waals surface area contributed by atoms with E-state index in [1.807, 2.05) is 43.3 Å². The van der Waals surface area contributed by atoms with Crippen molar-refractivity contribution < 1.29 is 4.79 Å². The van der Waals surface area contributed by atoms with Gasteiger partial charge in [0.1, 0.15) is 0 Å². The SMILES string of the molecule is Cc1ccccc1Nc1nsnc1Nc1cccc(C(=O)N(C)C)c1. The lowest BCUT2D eigenvalue weighted by molar-refractivity contribution is 0.0827. The van der Waals surface area contributed by atoms with Crippen LogP contribution in [0.25, 0.3) is 0 Å². The molecule has 2 N–H and O–H groups in total. The summed E-state index contributed by atoms with van der Waals surface area (Å²) in [6.45, 7) is 2.03. The van der Waals surface area contributed by atoms with Crippen LogP contribution in [0.5, 0.6) is 0 Å². The summed E-state index contributed by atoms with van der Waals surface area (Å²) in [7, 11) is 3.47. The smallest absolute Gasteiger partial charge is 0.253 e. The Hall–Kier alpha value is -2.93. The molecule has 0 unspecified atom stereocenters. The molecule has 1 aromatic heterocycles. The normalized spacial score (nSPS) is 10.4. The van der Waals surface area contributed by atoms with Crippen molar-refractivity contribution in [2.75, 3.05) is 24.7 Å². The number of nitrogens with one attached hydrogen (secondary N) is 2. The van der Waals surface area contributed by atoms with E-state index in [1.54, 1.807) is 31.1 Å². The van der Waals surface area contributed by atoms with E-state index in [9.17, 15) is 4.79 Å². The Labute approximate surface area is 150 Å². The van der Waals surface area contributed by atoms with Crippen molar-refractivity contribution in [1.82, 2.24) is 13.6 Å². The predicted octanol–water partition coefficient (Wildman–Crippen LogP) is 4.04. The molecule has 0 aliphatic carbocycles. The van der Waals surface area contributed by atoms with Gasteiger partial charge in [0.15, 0.2) is 11.6 Å². The lowest BCUT2D eigenvalue weighted by Crippen LogP contribution is -2.21. The molecule has 0 radical (unpaired) electrons. The molecule has 128 valence electrons. The number of benzene rings is 2. The molecule has 0 atom stereocenters. The molecule has 0 fully saturated rings. The van der Waals surface area contributed by atoms with Crippen molar-refractivity contribution >= 4 is 40.6 Å². The number of rotatable bonds is 5. The zero-order valence-corrected chi connectivity index (χ0v) is 15.1. The molecular formula is C18H19N5OS. The molecule has 6 nitrogen and oxygen atoms in total. The minimum Gasteiger partial charge on any atom is -0.345 e. The van der Waals surface area contributed by atoms with Crippen molar-refractivity contribution in [2.24, 2.45) is 0 Å². The van der Waals surface area contributed by atoms with Gasteiger partial charge >= 0.3 is 0 Å². The first-order valence-electron chi connectivity index (χ1n) is 7.78. The zero-order chi connectivity index (χ0) is 17.8. The quantitative estimate of drug-likeness (QED) is 0.724. The average Bonchev–Trinajstić information content (AvgIpc) is 3.03. The third-order valence-corrected chi connectivity index (χ3v) is 4.19. The second-order valence-electron chi connectivity index (χ2n) is 5.81. The molecule has 2 aromatic carbocycles. The van der Waals surface area contributed by atoms with Crippen LogP contribution in [0.15, 0.2) is 48.5 Å². The minimum absolute atomic E-state index is 0.0432. The molecule has 0 aliphatic heterocycles. The van der Waals surface area contributed by atoms with Crippen LogP contribution in [0.2, 0.25) is 0 Å². The van der Waals surface area contributed by atoms with Gasteiger partial charge in [-0.05, 0) is 36.8 Å². The Bertz CT molecular complexity index is 890. The first-order valence-corrected chi connectivity index (χ1v) is 8.51. The highest BCUT2D eigenvalue weighted by Gasteiger charge is 2.12. The molecule has 3 aromatic rings. The van der Waals surface area contributed by atoms with Crippen LogP contribution in [0, 0.1) is 6.92 Å². The standard InChI is InChI=1S/C18H19N5OS/c1-12-7-4-5-10-15(12)20-17-16(21-25-22-17)19-14-9-6-8-13(11-14)18(24)23(2)3/h4-11H,1-3H3,(H,19,21)(H,20,22). The number of aromatic nitrogens is 2. The molecule has 0 aliphatic rings. The van der Waals surface area contributed by atoms with E-state index in [1.165, 1.54) is 0 Å². The fourth-order valence-electron chi connectivity index (χ4n) is 2.32. The number of anilines is 4. The molecule has 0 saturated heterocycles. The van der Waals surface area contributed by atoms with Gasteiger partial charge in [-0.15, -0.1) is 0 Å². The number of carbonyl (C=O) groups is 1. The topological polar surface area (TPSA) is 70.1 Å². The summed E-state index contributed by atoms with van der Waals surface area (Å²) in [6.07, 6.45) is 0. The number of hydrogen-bond acceptors (Lipinski definition) is 6. The van der Waals surface area contributed by atoms with E-state index in [2.05, 4.69) is 19.4 Å². The average molecular weight is 353 g/mol. The highest BCUT2D eigenvalue weighted by Crippen LogP contribution is 2.28. The van der Waals surface area contributed by atoms with Crippen LogP contribution < -0.4 is 10.6 Å². The number of amides is 1. The van der Waals surface area contributed by atoms with Gasteiger partial charge < -0.3 is 15.5 Å². The second-order valence-corrected chi connectivity index (χ2v) is 6.34. The molecule has 0 spiro atoms. The van der Waals surface area contributed by atoms with Gasteiger partial charge in [-0.25, -0.2) is 0 Å². The minimum atomic E-state index is -0.0432. The maximum absolute atomic E-state index is 12.1. The number of nitrogens with zero attached hydrogens (tertiary/aromatic N) is 3. The van der Waals surface area contributed by atoms with Gasteiger partial charge in [-0.3, -0.25) is 4.79 Å². The summed E-state index contributed by atoms with van der Waals surface area (Å²) in [5, 5.41) is 6.53. The maximum Gasteiger partial charge on any atom is 0.253 e. The van der Waals surface area contributed by atoms with E-state index in [0.29, 0.717) is 17.2 Å². The summed E-state index contributed by atoms with van der Waals surface area (Å²) < 4.78 is 8.62. The fraction of sp³-hybridized carbons (Fsp3) is 0.167. The van der Waals surface area contributed by atoms with Crippen molar-refractivity contribution in [1.29, 1.82) is 0 Å². The van der Waals surface area contributed by atoms with Gasteiger partial charge in [-0.2, -0.15) is 8.75 Å². The third-order valence-electron chi connectivity index (χ3n) is 3.67. The van der Waals surface area contributed by atoms with E-state index >= 15 is 0 Å².